The molecule has 1 heterocycles. The van der Waals surface area contributed by atoms with Crippen LogP contribution in [0.2, 0.25) is 5.02 Å². The number of rotatable bonds is 12. The molecule has 44 heavy (non-hydrogen) atoms. The smallest absolute Gasteiger partial charge is 0.338 e. The van der Waals surface area contributed by atoms with Crippen LogP contribution in [0.3, 0.4) is 0 Å². The first-order valence-corrected chi connectivity index (χ1v) is 15.3. The van der Waals surface area contributed by atoms with Gasteiger partial charge in [-0.25, -0.2) is 10.2 Å². The second-order valence-electron chi connectivity index (χ2n) is 9.32. The van der Waals surface area contributed by atoms with Crippen molar-refractivity contribution < 1.29 is 28.5 Å². The SMILES string of the molecule is CCOC(=O)C1=C(C)NC(=S)N[C@@H]1c1ccccc1OCC(=O)NN=Cc1cc(I)c(OCc2ccccc2Cl)c(OC)c1. The van der Waals surface area contributed by atoms with Gasteiger partial charge in [-0.05, 0) is 78.5 Å². The minimum absolute atomic E-state index is 0.221. The third kappa shape index (κ3) is 8.39. The van der Waals surface area contributed by atoms with Crippen LogP contribution in [0.15, 0.2) is 77.0 Å². The molecule has 13 heteroatoms. The zero-order chi connectivity index (χ0) is 31.6. The monoisotopic (exact) mass is 748 g/mol. The van der Waals surface area contributed by atoms with Gasteiger partial charge in [0, 0.05) is 21.8 Å². The number of hydrogen-bond acceptors (Lipinski definition) is 8. The van der Waals surface area contributed by atoms with Gasteiger partial charge in [0.2, 0.25) is 0 Å². The summed E-state index contributed by atoms with van der Waals surface area (Å²) in [4.78, 5) is 25.4. The van der Waals surface area contributed by atoms with Gasteiger partial charge in [-0.2, -0.15) is 5.10 Å². The molecule has 3 aromatic carbocycles. The number of esters is 1. The molecule has 0 saturated carbocycles. The van der Waals surface area contributed by atoms with E-state index in [2.05, 4.69) is 43.8 Å². The Bertz CT molecular complexity index is 1620. The predicted octanol–water partition coefficient (Wildman–Crippen LogP) is 5.42. The molecule has 0 saturated heterocycles. The molecular formula is C31H30ClIN4O6S. The van der Waals surface area contributed by atoms with E-state index in [4.69, 9.17) is 42.8 Å². The summed E-state index contributed by atoms with van der Waals surface area (Å²) < 4.78 is 23.4. The number of para-hydroxylation sites is 1. The van der Waals surface area contributed by atoms with Crippen LogP contribution >= 0.6 is 46.4 Å². The van der Waals surface area contributed by atoms with Gasteiger partial charge < -0.3 is 29.6 Å². The topological polar surface area (TPSA) is 120 Å². The van der Waals surface area contributed by atoms with Crippen molar-refractivity contribution in [1.82, 2.24) is 16.1 Å². The fourth-order valence-electron chi connectivity index (χ4n) is 4.33. The van der Waals surface area contributed by atoms with Crippen molar-refractivity contribution in [3.8, 4) is 17.2 Å². The molecule has 3 N–H and O–H groups in total. The molecule has 10 nitrogen and oxygen atoms in total. The van der Waals surface area contributed by atoms with Crippen LogP contribution in [0.25, 0.3) is 0 Å². The summed E-state index contributed by atoms with van der Waals surface area (Å²) >= 11 is 13.7. The lowest BCUT2D eigenvalue weighted by Crippen LogP contribution is -2.45. The van der Waals surface area contributed by atoms with Crippen molar-refractivity contribution in [1.29, 1.82) is 0 Å². The lowest BCUT2D eigenvalue weighted by atomic mass is 9.95. The van der Waals surface area contributed by atoms with Crippen molar-refractivity contribution >= 4 is 69.6 Å². The Kier molecular flexibility index (Phi) is 11.8. The number of hydrazone groups is 1. The largest absolute Gasteiger partial charge is 0.493 e. The fraction of sp³-hybridized carbons (Fsp3) is 0.226. The van der Waals surface area contributed by atoms with Gasteiger partial charge in [-0.3, -0.25) is 4.79 Å². The Morgan fingerprint density at radius 2 is 1.86 bits per heavy atom. The van der Waals surface area contributed by atoms with Gasteiger partial charge in [0.15, 0.2) is 23.2 Å². The van der Waals surface area contributed by atoms with Crippen LogP contribution in [-0.4, -0.2) is 43.5 Å². The molecule has 0 bridgehead atoms. The van der Waals surface area contributed by atoms with Crippen molar-refractivity contribution in [3.63, 3.8) is 0 Å². The predicted molar refractivity (Wildman–Crippen MR) is 180 cm³/mol. The molecule has 0 unspecified atom stereocenters. The number of carbonyl (C=O) groups is 2. The quantitative estimate of drug-likeness (QED) is 0.0734. The average molecular weight is 749 g/mol. The maximum absolute atomic E-state index is 12.8. The molecule has 0 aliphatic carbocycles. The number of halogens is 2. The van der Waals surface area contributed by atoms with Crippen molar-refractivity contribution in [2.75, 3.05) is 20.3 Å². The van der Waals surface area contributed by atoms with Crippen molar-refractivity contribution in [2.45, 2.75) is 26.5 Å². The highest BCUT2D eigenvalue weighted by atomic mass is 127. The number of hydrogen-bond donors (Lipinski definition) is 3. The molecule has 1 aliphatic rings. The van der Waals surface area contributed by atoms with Gasteiger partial charge in [-0.15, -0.1) is 0 Å². The van der Waals surface area contributed by atoms with E-state index in [1.165, 1.54) is 6.21 Å². The number of carbonyl (C=O) groups excluding carboxylic acids is 2. The number of methoxy groups -OCH3 is 1. The lowest BCUT2D eigenvalue weighted by molar-refractivity contribution is -0.139. The summed E-state index contributed by atoms with van der Waals surface area (Å²) in [5.41, 5.74) is 5.57. The second-order valence-corrected chi connectivity index (χ2v) is 11.3. The number of amides is 1. The first-order valence-electron chi connectivity index (χ1n) is 13.4. The van der Waals surface area contributed by atoms with Crippen LogP contribution in [0, 0.1) is 3.57 Å². The summed E-state index contributed by atoms with van der Waals surface area (Å²) in [5.74, 6) is 0.514. The molecule has 230 valence electrons. The third-order valence-electron chi connectivity index (χ3n) is 6.34. The zero-order valence-electron chi connectivity index (χ0n) is 24.1. The van der Waals surface area contributed by atoms with Crippen molar-refractivity contribution in [2.24, 2.45) is 5.10 Å². The first-order chi connectivity index (χ1) is 21.2. The molecule has 0 aromatic heterocycles. The highest BCUT2D eigenvalue weighted by molar-refractivity contribution is 14.1. The van der Waals surface area contributed by atoms with Gasteiger partial charge in [0.05, 0.1) is 35.1 Å². The van der Waals surface area contributed by atoms with Crippen LogP contribution in [0.1, 0.15) is 36.6 Å². The van der Waals surface area contributed by atoms with Gasteiger partial charge in [-0.1, -0.05) is 48.0 Å². The summed E-state index contributed by atoms with van der Waals surface area (Å²) in [6, 6.07) is 17.5. The normalized spacial score (nSPS) is 14.5. The number of benzene rings is 3. The third-order valence-corrected chi connectivity index (χ3v) is 7.73. The number of nitrogens with one attached hydrogen (secondary N) is 3. The molecule has 3 aromatic rings. The van der Waals surface area contributed by atoms with E-state index in [0.717, 1.165) is 9.13 Å². The van der Waals surface area contributed by atoms with E-state index in [0.29, 0.717) is 49.8 Å². The van der Waals surface area contributed by atoms with E-state index < -0.39 is 17.9 Å². The Labute approximate surface area is 279 Å². The Hall–Kier alpha value is -3.88. The van der Waals surface area contributed by atoms with Gasteiger partial charge in [0.1, 0.15) is 12.4 Å². The second kappa shape index (κ2) is 15.7. The first kappa shape index (κ1) is 33.0. The fourth-order valence-corrected chi connectivity index (χ4v) is 5.57. The minimum atomic E-state index is -0.630. The Morgan fingerprint density at radius 1 is 1.11 bits per heavy atom. The van der Waals surface area contributed by atoms with E-state index in [1.54, 1.807) is 51.3 Å². The summed E-state index contributed by atoms with van der Waals surface area (Å²) in [7, 11) is 1.55. The van der Waals surface area contributed by atoms with E-state index >= 15 is 0 Å². The minimum Gasteiger partial charge on any atom is -0.493 e. The number of nitrogens with zero attached hydrogens (tertiary/aromatic N) is 1. The number of allylic oxidation sites excluding steroid dienone is 1. The maximum atomic E-state index is 12.8. The molecule has 1 amide bonds. The summed E-state index contributed by atoms with van der Waals surface area (Å²) in [5, 5.41) is 11.1. The highest BCUT2D eigenvalue weighted by Crippen LogP contribution is 2.35. The molecule has 0 spiro atoms. The van der Waals surface area contributed by atoms with Crippen LogP contribution < -0.4 is 30.3 Å². The molecule has 1 aliphatic heterocycles. The number of thiocarbonyl (C=S) groups is 1. The van der Waals surface area contributed by atoms with Crippen LogP contribution in [0.4, 0.5) is 0 Å². The van der Waals surface area contributed by atoms with E-state index in [1.807, 2.05) is 30.3 Å². The van der Waals surface area contributed by atoms with Gasteiger partial charge in [0.25, 0.3) is 5.91 Å². The molecule has 4 rings (SSSR count). The molecule has 0 fully saturated rings. The highest BCUT2D eigenvalue weighted by Gasteiger charge is 2.32. The molecule has 0 radical (unpaired) electrons. The lowest BCUT2D eigenvalue weighted by Gasteiger charge is -2.30. The summed E-state index contributed by atoms with van der Waals surface area (Å²) in [6.07, 6.45) is 1.49. The Morgan fingerprint density at radius 3 is 2.61 bits per heavy atom. The maximum Gasteiger partial charge on any atom is 0.338 e. The zero-order valence-corrected chi connectivity index (χ0v) is 27.8. The summed E-state index contributed by atoms with van der Waals surface area (Å²) in [6.45, 7) is 3.66. The standard InChI is InChI=1S/C31H30ClIN4O6S/c1-4-41-30(39)27-18(2)35-31(44)36-28(27)21-10-6-8-12-24(21)42-17-26(38)37-34-15-19-13-23(33)29(25(14-19)40-3)43-16-20-9-5-7-11-22(20)32/h5-15,28H,4,16-17H2,1-3H3,(H,37,38)(H2,35,36,44)/t28-/m1/s1. The van der Waals surface area contributed by atoms with Crippen molar-refractivity contribution in [3.05, 3.63) is 97.2 Å². The van der Waals surface area contributed by atoms with Crippen LogP contribution in [0.5, 0.6) is 17.2 Å². The Balaban J connectivity index is 1.40. The van der Waals surface area contributed by atoms with E-state index in [-0.39, 0.29) is 19.8 Å². The number of ether oxygens (including phenoxy) is 4. The average Bonchev–Trinajstić information content (AvgIpc) is 3.00. The molecule has 1 atom stereocenters. The van der Waals surface area contributed by atoms with Gasteiger partial charge >= 0.3 is 5.97 Å². The van der Waals surface area contributed by atoms with E-state index in [9.17, 15) is 9.59 Å². The van der Waals surface area contributed by atoms with Crippen LogP contribution in [-0.2, 0) is 20.9 Å². The molecular weight excluding hydrogens is 719 g/mol.